The minimum absolute atomic E-state index is 0.267. The summed E-state index contributed by atoms with van der Waals surface area (Å²) in [5, 5.41) is 8.85. The molecule has 1 heterocycles. The lowest BCUT2D eigenvalue weighted by Gasteiger charge is -2.32. The van der Waals surface area contributed by atoms with Gasteiger partial charge in [-0.05, 0) is 47.0 Å². The number of hydrogen-bond donors (Lipinski definition) is 1. The third-order valence-corrected chi connectivity index (χ3v) is 3.55. The second-order valence-electron chi connectivity index (χ2n) is 4.12. The van der Waals surface area contributed by atoms with Crippen molar-refractivity contribution >= 4 is 21.6 Å². The van der Waals surface area contributed by atoms with E-state index in [1.54, 1.807) is 0 Å². The van der Waals surface area contributed by atoms with Crippen molar-refractivity contribution in [1.29, 1.82) is 5.26 Å². The first-order chi connectivity index (χ1) is 7.70. The van der Waals surface area contributed by atoms with Crippen molar-refractivity contribution in [1.82, 2.24) is 0 Å². The van der Waals surface area contributed by atoms with E-state index in [0.29, 0.717) is 5.56 Å². The summed E-state index contributed by atoms with van der Waals surface area (Å²) in [4.78, 5) is 2.28. The zero-order valence-corrected chi connectivity index (χ0v) is 10.6. The molecule has 2 rings (SSSR count). The van der Waals surface area contributed by atoms with Gasteiger partial charge in [0.1, 0.15) is 6.07 Å². The lowest BCUT2D eigenvalue weighted by molar-refractivity contribution is 0.506. The van der Waals surface area contributed by atoms with Crippen LogP contribution in [0, 0.1) is 11.3 Å². The maximum atomic E-state index is 8.85. The molecule has 1 aliphatic heterocycles. The van der Waals surface area contributed by atoms with Crippen LogP contribution >= 0.6 is 15.9 Å². The number of hydrogen-bond acceptors (Lipinski definition) is 3. The highest BCUT2D eigenvalue weighted by Gasteiger charge is 2.17. The first-order valence-electron chi connectivity index (χ1n) is 5.41. The summed E-state index contributed by atoms with van der Waals surface area (Å²) in [6, 6.07) is 8.24. The minimum atomic E-state index is 0.267. The predicted octanol–water partition coefficient (Wildman–Crippen LogP) is 2.25. The van der Waals surface area contributed by atoms with Crippen molar-refractivity contribution in [2.45, 2.75) is 18.9 Å². The van der Waals surface area contributed by atoms with Gasteiger partial charge in [0, 0.05) is 29.3 Å². The molecule has 2 N–H and O–H groups in total. The van der Waals surface area contributed by atoms with Crippen LogP contribution in [-0.4, -0.2) is 19.1 Å². The van der Waals surface area contributed by atoms with E-state index in [1.807, 2.05) is 18.2 Å². The number of anilines is 1. The highest BCUT2D eigenvalue weighted by molar-refractivity contribution is 9.10. The van der Waals surface area contributed by atoms with Crippen LogP contribution < -0.4 is 10.6 Å². The van der Waals surface area contributed by atoms with Crippen LogP contribution in [0.3, 0.4) is 0 Å². The third-order valence-electron chi connectivity index (χ3n) is 2.90. The predicted molar refractivity (Wildman–Crippen MR) is 68.3 cm³/mol. The van der Waals surface area contributed by atoms with Gasteiger partial charge in [-0.2, -0.15) is 5.26 Å². The molecular weight excluding hydrogens is 266 g/mol. The van der Waals surface area contributed by atoms with Gasteiger partial charge in [0.15, 0.2) is 0 Å². The van der Waals surface area contributed by atoms with Crippen molar-refractivity contribution in [3.63, 3.8) is 0 Å². The summed E-state index contributed by atoms with van der Waals surface area (Å²) in [6.45, 7) is 1.95. The van der Waals surface area contributed by atoms with E-state index in [1.165, 1.54) is 0 Å². The molecule has 0 amide bonds. The lowest BCUT2D eigenvalue weighted by Crippen LogP contribution is -2.42. The van der Waals surface area contributed by atoms with E-state index in [4.69, 9.17) is 11.0 Å². The van der Waals surface area contributed by atoms with Crippen LogP contribution in [0.15, 0.2) is 22.7 Å². The highest BCUT2D eigenvalue weighted by Crippen LogP contribution is 2.25. The van der Waals surface area contributed by atoms with E-state index in [2.05, 4.69) is 26.9 Å². The summed E-state index contributed by atoms with van der Waals surface area (Å²) < 4.78 is 0.853. The van der Waals surface area contributed by atoms with Gasteiger partial charge >= 0.3 is 0 Å². The van der Waals surface area contributed by atoms with Crippen molar-refractivity contribution in [3.05, 3.63) is 28.2 Å². The van der Waals surface area contributed by atoms with Crippen molar-refractivity contribution in [2.24, 2.45) is 5.73 Å². The Morgan fingerprint density at radius 1 is 1.50 bits per heavy atom. The van der Waals surface area contributed by atoms with Gasteiger partial charge in [0.2, 0.25) is 0 Å². The fraction of sp³-hybridized carbons (Fsp3) is 0.417. The van der Waals surface area contributed by atoms with Crippen LogP contribution in [0.4, 0.5) is 5.69 Å². The average Bonchev–Trinajstić information content (AvgIpc) is 2.29. The van der Waals surface area contributed by atoms with Gasteiger partial charge in [0.25, 0.3) is 0 Å². The molecule has 1 aliphatic rings. The number of benzene rings is 1. The maximum Gasteiger partial charge on any atom is 0.100 e. The molecule has 1 atom stereocenters. The topological polar surface area (TPSA) is 53.0 Å². The molecule has 0 aliphatic carbocycles. The Kier molecular flexibility index (Phi) is 3.47. The van der Waals surface area contributed by atoms with E-state index in [-0.39, 0.29) is 6.04 Å². The Labute approximate surface area is 104 Å². The maximum absolute atomic E-state index is 8.85. The quantitative estimate of drug-likeness (QED) is 0.858. The number of nitrogens with zero attached hydrogens (tertiary/aromatic N) is 2. The van der Waals surface area contributed by atoms with Crippen molar-refractivity contribution in [3.8, 4) is 6.07 Å². The molecule has 1 aromatic rings. The SMILES string of the molecule is N#Cc1ccc(N2CCC[C@@H](N)C2)cc1Br. The van der Waals surface area contributed by atoms with E-state index < -0.39 is 0 Å². The summed E-state index contributed by atoms with van der Waals surface area (Å²) in [6.07, 6.45) is 2.24. The molecule has 1 fully saturated rings. The molecule has 1 aromatic carbocycles. The Morgan fingerprint density at radius 2 is 2.31 bits per heavy atom. The van der Waals surface area contributed by atoms with E-state index in [9.17, 15) is 0 Å². The molecule has 0 spiro atoms. The monoisotopic (exact) mass is 279 g/mol. The number of rotatable bonds is 1. The Hall–Kier alpha value is -1.05. The molecule has 16 heavy (non-hydrogen) atoms. The molecule has 0 unspecified atom stereocenters. The van der Waals surface area contributed by atoms with Crippen LogP contribution in [0.1, 0.15) is 18.4 Å². The number of halogens is 1. The van der Waals surface area contributed by atoms with Gasteiger partial charge in [-0.1, -0.05) is 0 Å². The van der Waals surface area contributed by atoms with Gasteiger partial charge in [-0.3, -0.25) is 0 Å². The molecule has 84 valence electrons. The molecule has 1 saturated heterocycles. The zero-order chi connectivity index (χ0) is 11.5. The largest absolute Gasteiger partial charge is 0.370 e. The van der Waals surface area contributed by atoms with Gasteiger partial charge in [0.05, 0.1) is 5.56 Å². The van der Waals surface area contributed by atoms with Gasteiger partial charge < -0.3 is 10.6 Å². The molecule has 0 aromatic heterocycles. The first kappa shape index (κ1) is 11.4. The van der Waals surface area contributed by atoms with E-state index in [0.717, 1.165) is 36.1 Å². The molecule has 3 nitrogen and oxygen atoms in total. The third kappa shape index (κ3) is 2.37. The lowest BCUT2D eigenvalue weighted by atomic mass is 10.1. The van der Waals surface area contributed by atoms with Crippen LogP contribution in [0.5, 0.6) is 0 Å². The summed E-state index contributed by atoms with van der Waals surface area (Å²) >= 11 is 3.41. The Morgan fingerprint density at radius 3 is 2.94 bits per heavy atom. The smallest absolute Gasteiger partial charge is 0.100 e. The van der Waals surface area contributed by atoms with Crippen molar-refractivity contribution in [2.75, 3.05) is 18.0 Å². The Balaban J connectivity index is 2.21. The fourth-order valence-electron chi connectivity index (χ4n) is 2.04. The standard InChI is InChI=1S/C12H14BrN3/c13-12-6-11(4-3-9(12)7-14)16-5-1-2-10(15)8-16/h3-4,6,10H,1-2,5,8,15H2/t10-/m1/s1. The van der Waals surface area contributed by atoms with Crippen molar-refractivity contribution < 1.29 is 0 Å². The number of nitriles is 1. The number of nitrogens with two attached hydrogens (primary N) is 1. The average molecular weight is 280 g/mol. The molecule has 0 radical (unpaired) electrons. The molecule has 4 heteroatoms. The Bertz CT molecular complexity index is 425. The van der Waals surface area contributed by atoms with Gasteiger partial charge in [-0.15, -0.1) is 0 Å². The second-order valence-corrected chi connectivity index (χ2v) is 4.98. The highest BCUT2D eigenvalue weighted by atomic mass is 79.9. The zero-order valence-electron chi connectivity index (χ0n) is 8.99. The fourth-order valence-corrected chi connectivity index (χ4v) is 2.49. The van der Waals surface area contributed by atoms with Gasteiger partial charge in [-0.25, -0.2) is 0 Å². The first-order valence-corrected chi connectivity index (χ1v) is 6.20. The minimum Gasteiger partial charge on any atom is -0.370 e. The molecule has 0 bridgehead atoms. The van der Waals surface area contributed by atoms with E-state index >= 15 is 0 Å². The number of piperidine rings is 1. The normalized spacial score (nSPS) is 20.6. The van der Waals surface area contributed by atoms with Crippen LogP contribution in [-0.2, 0) is 0 Å². The summed E-state index contributed by atoms with van der Waals surface area (Å²) in [5.41, 5.74) is 7.76. The summed E-state index contributed by atoms with van der Waals surface area (Å²) in [7, 11) is 0. The van der Waals surface area contributed by atoms with Crippen LogP contribution in [0.2, 0.25) is 0 Å². The second kappa shape index (κ2) is 4.86. The molecular formula is C12H14BrN3. The summed E-state index contributed by atoms with van der Waals surface area (Å²) in [5.74, 6) is 0. The van der Waals surface area contributed by atoms with Crippen LogP contribution in [0.25, 0.3) is 0 Å². The molecule has 0 saturated carbocycles.